The predicted octanol–water partition coefficient (Wildman–Crippen LogP) is 2.24. The molecule has 1 atom stereocenters. The van der Waals surface area contributed by atoms with E-state index in [1.807, 2.05) is 0 Å². The molecule has 0 bridgehead atoms. The van der Waals surface area contributed by atoms with Gasteiger partial charge < -0.3 is 14.9 Å². The zero-order chi connectivity index (χ0) is 12.3. The quantitative estimate of drug-likeness (QED) is 0.787. The minimum absolute atomic E-state index is 0.0434. The summed E-state index contributed by atoms with van der Waals surface area (Å²) in [5.74, 6) is -0.321. The average Bonchev–Trinajstić information content (AvgIpc) is 2.78. The maximum absolute atomic E-state index is 11.8. The van der Waals surface area contributed by atoms with Crippen LogP contribution in [0.5, 0.6) is 11.5 Å². The van der Waals surface area contributed by atoms with E-state index >= 15 is 0 Å². The molecule has 0 aliphatic carbocycles. The lowest BCUT2D eigenvalue weighted by molar-refractivity contribution is 0.0857. The molecule has 4 nitrogen and oxygen atoms in total. The van der Waals surface area contributed by atoms with Crippen LogP contribution in [-0.4, -0.2) is 28.7 Å². The van der Waals surface area contributed by atoms with E-state index in [2.05, 4.69) is 0 Å². The molecule has 1 aliphatic rings. The van der Waals surface area contributed by atoms with Crippen molar-refractivity contribution in [3.8, 4) is 11.5 Å². The summed E-state index contributed by atoms with van der Waals surface area (Å²) in [5, 5.41) is 18.7. The number of rotatable bonds is 4. The van der Waals surface area contributed by atoms with E-state index < -0.39 is 0 Å². The fourth-order valence-electron chi connectivity index (χ4n) is 2.05. The second-order valence-corrected chi connectivity index (χ2v) is 4.30. The fourth-order valence-corrected chi connectivity index (χ4v) is 2.05. The summed E-state index contributed by atoms with van der Waals surface area (Å²) < 4.78 is 5.43. The van der Waals surface area contributed by atoms with Crippen LogP contribution in [0, 0.1) is 0 Å². The van der Waals surface area contributed by atoms with Crippen LogP contribution in [0.15, 0.2) is 18.2 Å². The van der Waals surface area contributed by atoms with Crippen LogP contribution in [0.1, 0.15) is 36.0 Å². The van der Waals surface area contributed by atoms with Gasteiger partial charge in [0, 0.05) is 19.1 Å². The Bertz CT molecular complexity index is 408. The van der Waals surface area contributed by atoms with Crippen LogP contribution in [0.2, 0.25) is 0 Å². The van der Waals surface area contributed by atoms with Crippen LogP contribution in [0.3, 0.4) is 0 Å². The van der Waals surface area contributed by atoms with Gasteiger partial charge in [-0.1, -0.05) is 0 Å². The summed E-state index contributed by atoms with van der Waals surface area (Å²) in [5.41, 5.74) is 0.265. The number of hydrogen-bond donors (Lipinski definition) is 2. The first-order valence-corrected chi connectivity index (χ1v) is 5.83. The Labute approximate surface area is 99.8 Å². The number of ketones is 1. The van der Waals surface area contributed by atoms with Crippen molar-refractivity contribution in [3.63, 3.8) is 0 Å². The van der Waals surface area contributed by atoms with Gasteiger partial charge in [0.1, 0.15) is 11.5 Å². The number of carbonyl (C=O) groups is 1. The van der Waals surface area contributed by atoms with Gasteiger partial charge in [0.25, 0.3) is 0 Å². The second-order valence-electron chi connectivity index (χ2n) is 4.30. The van der Waals surface area contributed by atoms with Gasteiger partial charge in [-0.15, -0.1) is 0 Å². The van der Waals surface area contributed by atoms with E-state index in [1.165, 1.54) is 18.2 Å². The summed E-state index contributed by atoms with van der Waals surface area (Å²) in [6, 6.07) is 4.03. The standard InChI is InChI=1S/C13H16O4/c14-9-3-5-11(13(16)8-9)12(15)6-4-10-2-1-7-17-10/h3,5,8,10,14,16H,1-2,4,6-7H2. The van der Waals surface area contributed by atoms with Gasteiger partial charge in [-0.05, 0) is 31.4 Å². The number of hydrogen-bond acceptors (Lipinski definition) is 4. The number of benzene rings is 1. The molecule has 1 fully saturated rings. The van der Waals surface area contributed by atoms with E-state index in [9.17, 15) is 9.90 Å². The van der Waals surface area contributed by atoms with E-state index in [-0.39, 0.29) is 28.9 Å². The van der Waals surface area contributed by atoms with Crippen molar-refractivity contribution in [2.45, 2.75) is 31.8 Å². The summed E-state index contributed by atoms with van der Waals surface area (Å²) in [6.45, 7) is 0.781. The molecule has 1 unspecified atom stereocenters. The molecule has 1 aliphatic heterocycles. The highest BCUT2D eigenvalue weighted by Crippen LogP contribution is 2.25. The summed E-state index contributed by atoms with van der Waals surface area (Å²) >= 11 is 0. The molecule has 0 amide bonds. The van der Waals surface area contributed by atoms with Gasteiger partial charge >= 0.3 is 0 Å². The summed E-state index contributed by atoms with van der Waals surface area (Å²) in [6.07, 6.45) is 3.30. The van der Waals surface area contributed by atoms with Crippen LogP contribution in [0.4, 0.5) is 0 Å². The highest BCUT2D eigenvalue weighted by Gasteiger charge is 2.18. The third-order valence-corrected chi connectivity index (χ3v) is 3.00. The van der Waals surface area contributed by atoms with Gasteiger partial charge in [-0.2, -0.15) is 0 Å². The number of carbonyl (C=O) groups excluding carboxylic acids is 1. The highest BCUT2D eigenvalue weighted by molar-refractivity contribution is 5.98. The largest absolute Gasteiger partial charge is 0.508 e. The van der Waals surface area contributed by atoms with Crippen LogP contribution in [-0.2, 0) is 4.74 Å². The van der Waals surface area contributed by atoms with Crippen LogP contribution in [0.25, 0.3) is 0 Å². The molecule has 1 aromatic rings. The van der Waals surface area contributed by atoms with Gasteiger partial charge in [0.05, 0.1) is 11.7 Å². The first-order valence-electron chi connectivity index (χ1n) is 5.83. The molecule has 0 aromatic heterocycles. The number of Topliss-reactive ketones (excluding diaryl/α,β-unsaturated/α-hetero) is 1. The molecule has 4 heteroatoms. The van der Waals surface area contributed by atoms with E-state index in [4.69, 9.17) is 9.84 Å². The second kappa shape index (κ2) is 5.19. The molecule has 0 radical (unpaired) electrons. The molecule has 1 aromatic carbocycles. The van der Waals surface area contributed by atoms with Crippen LogP contribution >= 0.6 is 0 Å². The molecule has 1 heterocycles. The molecule has 2 rings (SSSR count). The minimum atomic E-state index is -0.164. The first kappa shape index (κ1) is 11.9. The minimum Gasteiger partial charge on any atom is -0.508 e. The topological polar surface area (TPSA) is 66.8 Å². The molecule has 1 saturated heterocycles. The van der Waals surface area contributed by atoms with Gasteiger partial charge in [0.15, 0.2) is 5.78 Å². The van der Waals surface area contributed by atoms with Crippen molar-refractivity contribution >= 4 is 5.78 Å². The predicted molar refractivity (Wildman–Crippen MR) is 62.3 cm³/mol. The lowest BCUT2D eigenvalue weighted by Gasteiger charge is -2.09. The highest BCUT2D eigenvalue weighted by atomic mass is 16.5. The summed E-state index contributed by atoms with van der Waals surface area (Å²) in [7, 11) is 0. The lowest BCUT2D eigenvalue weighted by Crippen LogP contribution is -2.08. The van der Waals surface area contributed by atoms with E-state index in [1.54, 1.807) is 0 Å². The zero-order valence-corrected chi connectivity index (χ0v) is 9.56. The van der Waals surface area contributed by atoms with Gasteiger partial charge in [-0.25, -0.2) is 0 Å². The fraction of sp³-hybridized carbons (Fsp3) is 0.462. The van der Waals surface area contributed by atoms with Gasteiger partial charge in [0.2, 0.25) is 0 Å². The molecule has 0 saturated carbocycles. The molecule has 17 heavy (non-hydrogen) atoms. The maximum Gasteiger partial charge on any atom is 0.166 e. The van der Waals surface area contributed by atoms with Crippen molar-refractivity contribution < 1.29 is 19.7 Å². The molecular formula is C13H16O4. The van der Waals surface area contributed by atoms with Crippen molar-refractivity contribution in [2.24, 2.45) is 0 Å². The first-order chi connectivity index (χ1) is 8.16. The van der Waals surface area contributed by atoms with E-state index in [0.717, 1.165) is 19.4 Å². The Hall–Kier alpha value is -1.55. The monoisotopic (exact) mass is 236 g/mol. The third kappa shape index (κ3) is 2.97. The SMILES string of the molecule is O=C(CCC1CCCO1)c1ccc(O)cc1O. The Morgan fingerprint density at radius 2 is 2.24 bits per heavy atom. The van der Waals surface area contributed by atoms with Crippen LogP contribution < -0.4 is 0 Å². The third-order valence-electron chi connectivity index (χ3n) is 3.00. The number of phenols is 2. The number of phenolic OH excluding ortho intramolecular Hbond substituents is 2. The lowest BCUT2D eigenvalue weighted by atomic mass is 10.0. The Morgan fingerprint density at radius 1 is 1.41 bits per heavy atom. The number of aromatic hydroxyl groups is 2. The van der Waals surface area contributed by atoms with E-state index in [0.29, 0.717) is 12.8 Å². The average molecular weight is 236 g/mol. The van der Waals surface area contributed by atoms with Crippen molar-refractivity contribution in [1.29, 1.82) is 0 Å². The Balaban J connectivity index is 1.94. The Morgan fingerprint density at radius 3 is 2.88 bits per heavy atom. The maximum atomic E-state index is 11.8. The number of ether oxygens (including phenoxy) is 1. The normalized spacial score (nSPS) is 19.4. The van der Waals surface area contributed by atoms with Gasteiger partial charge in [-0.3, -0.25) is 4.79 Å². The zero-order valence-electron chi connectivity index (χ0n) is 9.56. The van der Waals surface area contributed by atoms with Crippen molar-refractivity contribution in [1.82, 2.24) is 0 Å². The molecule has 0 spiro atoms. The van der Waals surface area contributed by atoms with Crippen molar-refractivity contribution in [2.75, 3.05) is 6.61 Å². The summed E-state index contributed by atoms with van der Waals surface area (Å²) in [4.78, 5) is 11.8. The van der Waals surface area contributed by atoms with Crippen molar-refractivity contribution in [3.05, 3.63) is 23.8 Å². The molecule has 92 valence electrons. The smallest absolute Gasteiger partial charge is 0.166 e. The Kier molecular flexibility index (Phi) is 3.64. The molecule has 2 N–H and O–H groups in total. The molecular weight excluding hydrogens is 220 g/mol.